The van der Waals surface area contributed by atoms with Crippen molar-refractivity contribution < 1.29 is 18.7 Å². The summed E-state index contributed by atoms with van der Waals surface area (Å²) in [6, 6.07) is 9.87. The molecule has 0 heterocycles. The van der Waals surface area contributed by atoms with Crippen LogP contribution in [0.1, 0.15) is 28.9 Å². The van der Waals surface area contributed by atoms with Crippen LogP contribution in [0.2, 0.25) is 0 Å². The van der Waals surface area contributed by atoms with Crippen molar-refractivity contribution in [1.29, 1.82) is 0 Å². The molecule has 0 saturated heterocycles. The molecule has 116 valence electrons. The SMILES string of the molecule is CC(=O)c1c(F)cccc1N(C)CC(O)c1ccc(F)cc1. The Morgan fingerprint density at radius 3 is 2.41 bits per heavy atom. The molecule has 0 aromatic heterocycles. The average molecular weight is 305 g/mol. The maximum Gasteiger partial charge on any atom is 0.164 e. The molecule has 1 atom stereocenters. The molecule has 0 spiro atoms. The van der Waals surface area contributed by atoms with Gasteiger partial charge >= 0.3 is 0 Å². The van der Waals surface area contributed by atoms with Crippen molar-refractivity contribution in [2.75, 3.05) is 18.5 Å². The summed E-state index contributed by atoms with van der Waals surface area (Å²) in [6.07, 6.45) is -0.881. The van der Waals surface area contributed by atoms with E-state index in [1.807, 2.05) is 0 Å². The van der Waals surface area contributed by atoms with E-state index >= 15 is 0 Å². The highest BCUT2D eigenvalue weighted by molar-refractivity contribution is 6.00. The van der Waals surface area contributed by atoms with Gasteiger partial charge in [-0.3, -0.25) is 4.79 Å². The lowest BCUT2D eigenvalue weighted by atomic mass is 10.1. The van der Waals surface area contributed by atoms with E-state index in [1.165, 1.54) is 43.3 Å². The molecule has 1 unspecified atom stereocenters. The number of rotatable bonds is 5. The van der Waals surface area contributed by atoms with E-state index in [2.05, 4.69) is 0 Å². The van der Waals surface area contributed by atoms with Gasteiger partial charge in [-0.05, 0) is 36.8 Å². The van der Waals surface area contributed by atoms with Crippen molar-refractivity contribution in [3.63, 3.8) is 0 Å². The maximum atomic E-state index is 13.8. The molecule has 5 heteroatoms. The van der Waals surface area contributed by atoms with Crippen LogP contribution in [0.3, 0.4) is 0 Å². The standard InChI is InChI=1S/C17H17F2NO2/c1-11(21)17-14(19)4-3-5-15(17)20(2)10-16(22)12-6-8-13(18)9-7-12/h3-9,16,22H,10H2,1-2H3. The number of aliphatic hydroxyl groups excluding tert-OH is 1. The zero-order valence-corrected chi connectivity index (χ0v) is 12.4. The molecule has 22 heavy (non-hydrogen) atoms. The highest BCUT2D eigenvalue weighted by atomic mass is 19.1. The van der Waals surface area contributed by atoms with Crippen LogP contribution in [0.25, 0.3) is 0 Å². The molecule has 0 radical (unpaired) electrons. The van der Waals surface area contributed by atoms with Gasteiger partial charge in [0.2, 0.25) is 0 Å². The van der Waals surface area contributed by atoms with Gasteiger partial charge in [-0.2, -0.15) is 0 Å². The lowest BCUT2D eigenvalue weighted by molar-refractivity contribution is 0.101. The van der Waals surface area contributed by atoms with Gasteiger partial charge < -0.3 is 10.0 Å². The lowest BCUT2D eigenvalue weighted by Crippen LogP contribution is -2.26. The highest BCUT2D eigenvalue weighted by Gasteiger charge is 2.18. The molecule has 0 bridgehead atoms. The summed E-state index contributed by atoms with van der Waals surface area (Å²) in [5.41, 5.74) is 0.957. The maximum absolute atomic E-state index is 13.8. The zero-order valence-electron chi connectivity index (χ0n) is 12.4. The Hall–Kier alpha value is -2.27. The van der Waals surface area contributed by atoms with E-state index in [0.29, 0.717) is 11.3 Å². The molecule has 2 aromatic carbocycles. The molecule has 0 amide bonds. The molecular formula is C17H17F2NO2. The van der Waals surface area contributed by atoms with E-state index in [4.69, 9.17) is 0 Å². The minimum Gasteiger partial charge on any atom is -0.387 e. The quantitative estimate of drug-likeness (QED) is 0.861. The molecule has 3 nitrogen and oxygen atoms in total. The zero-order chi connectivity index (χ0) is 16.3. The molecule has 0 aliphatic carbocycles. The largest absolute Gasteiger partial charge is 0.387 e. The Kier molecular flexibility index (Phi) is 4.88. The molecular weight excluding hydrogens is 288 g/mol. The van der Waals surface area contributed by atoms with Gasteiger partial charge in [0, 0.05) is 13.6 Å². The number of benzene rings is 2. The van der Waals surface area contributed by atoms with Crippen LogP contribution in [0.4, 0.5) is 14.5 Å². The van der Waals surface area contributed by atoms with Gasteiger partial charge in [-0.25, -0.2) is 8.78 Å². The third-order valence-electron chi connectivity index (χ3n) is 3.46. The molecule has 1 N–H and O–H groups in total. The van der Waals surface area contributed by atoms with Crippen molar-refractivity contribution >= 4 is 11.5 Å². The summed E-state index contributed by atoms with van der Waals surface area (Å²) in [5, 5.41) is 10.2. The van der Waals surface area contributed by atoms with E-state index < -0.39 is 11.9 Å². The van der Waals surface area contributed by atoms with Crippen LogP contribution in [0.15, 0.2) is 42.5 Å². The Morgan fingerprint density at radius 1 is 1.18 bits per heavy atom. The Balaban J connectivity index is 2.22. The molecule has 0 aliphatic heterocycles. The summed E-state index contributed by atoms with van der Waals surface area (Å²) < 4.78 is 26.7. The van der Waals surface area contributed by atoms with Crippen molar-refractivity contribution in [3.05, 3.63) is 65.2 Å². The third kappa shape index (κ3) is 3.49. The Labute approximate surface area is 127 Å². The number of carbonyl (C=O) groups excluding carboxylic acids is 1. The fourth-order valence-corrected chi connectivity index (χ4v) is 2.33. The number of Topliss-reactive ketones (excluding diaryl/α,β-unsaturated/α-hetero) is 1. The normalized spacial score (nSPS) is 12.0. The molecule has 0 aliphatic rings. The first kappa shape index (κ1) is 16.1. The van der Waals surface area contributed by atoms with Crippen LogP contribution in [0.5, 0.6) is 0 Å². The van der Waals surface area contributed by atoms with Crippen LogP contribution in [0, 0.1) is 11.6 Å². The first-order chi connectivity index (χ1) is 10.4. The predicted molar refractivity (Wildman–Crippen MR) is 81.0 cm³/mol. The molecule has 0 saturated carbocycles. The fourth-order valence-electron chi connectivity index (χ4n) is 2.33. The predicted octanol–water partition coefficient (Wildman–Crippen LogP) is 3.34. The smallest absolute Gasteiger partial charge is 0.164 e. The lowest BCUT2D eigenvalue weighted by Gasteiger charge is -2.25. The number of anilines is 1. The summed E-state index contributed by atoms with van der Waals surface area (Å²) in [6.45, 7) is 1.45. The highest BCUT2D eigenvalue weighted by Crippen LogP contribution is 2.25. The number of likely N-dealkylation sites (N-methyl/N-ethyl adjacent to an activating group) is 1. The number of hydrogen-bond donors (Lipinski definition) is 1. The molecule has 2 rings (SSSR count). The number of halogens is 2. The van der Waals surface area contributed by atoms with E-state index in [9.17, 15) is 18.7 Å². The Bertz CT molecular complexity index is 671. The van der Waals surface area contributed by atoms with E-state index in [0.717, 1.165) is 0 Å². The fraction of sp³-hybridized carbons (Fsp3) is 0.235. The minimum absolute atomic E-state index is 0.00342. The van der Waals surface area contributed by atoms with Gasteiger partial charge in [-0.1, -0.05) is 18.2 Å². The summed E-state index contributed by atoms with van der Waals surface area (Å²) in [7, 11) is 1.66. The second-order valence-electron chi connectivity index (χ2n) is 5.14. The van der Waals surface area contributed by atoms with Crippen molar-refractivity contribution in [2.45, 2.75) is 13.0 Å². The monoisotopic (exact) mass is 305 g/mol. The second kappa shape index (κ2) is 6.66. The van der Waals surface area contributed by atoms with Gasteiger partial charge in [-0.15, -0.1) is 0 Å². The topological polar surface area (TPSA) is 40.5 Å². The van der Waals surface area contributed by atoms with Crippen LogP contribution in [-0.2, 0) is 0 Å². The Morgan fingerprint density at radius 2 is 1.82 bits per heavy atom. The molecule has 2 aromatic rings. The van der Waals surface area contributed by atoms with Crippen LogP contribution < -0.4 is 4.90 Å². The van der Waals surface area contributed by atoms with E-state index in [1.54, 1.807) is 18.0 Å². The number of aliphatic hydroxyl groups is 1. The van der Waals surface area contributed by atoms with Gasteiger partial charge in [0.15, 0.2) is 5.78 Å². The van der Waals surface area contributed by atoms with E-state index in [-0.39, 0.29) is 23.7 Å². The summed E-state index contributed by atoms with van der Waals surface area (Å²) in [5.74, 6) is -1.35. The summed E-state index contributed by atoms with van der Waals surface area (Å²) >= 11 is 0. The number of ketones is 1. The van der Waals surface area contributed by atoms with Crippen LogP contribution >= 0.6 is 0 Å². The average Bonchev–Trinajstić information content (AvgIpc) is 2.47. The van der Waals surface area contributed by atoms with Gasteiger partial charge in [0.05, 0.1) is 17.4 Å². The van der Waals surface area contributed by atoms with Crippen molar-refractivity contribution in [3.8, 4) is 0 Å². The second-order valence-corrected chi connectivity index (χ2v) is 5.14. The number of carbonyl (C=O) groups is 1. The van der Waals surface area contributed by atoms with Gasteiger partial charge in [0.1, 0.15) is 11.6 Å². The number of hydrogen-bond acceptors (Lipinski definition) is 3. The van der Waals surface area contributed by atoms with Crippen molar-refractivity contribution in [2.24, 2.45) is 0 Å². The molecule has 0 fully saturated rings. The minimum atomic E-state index is -0.881. The first-order valence-electron chi connectivity index (χ1n) is 6.84. The summed E-state index contributed by atoms with van der Waals surface area (Å²) in [4.78, 5) is 13.2. The first-order valence-corrected chi connectivity index (χ1v) is 6.84. The third-order valence-corrected chi connectivity index (χ3v) is 3.46. The van der Waals surface area contributed by atoms with Crippen molar-refractivity contribution in [1.82, 2.24) is 0 Å². The van der Waals surface area contributed by atoms with Crippen LogP contribution in [-0.4, -0.2) is 24.5 Å². The number of nitrogens with zero attached hydrogens (tertiary/aromatic N) is 1. The van der Waals surface area contributed by atoms with Gasteiger partial charge in [0.25, 0.3) is 0 Å².